The summed E-state index contributed by atoms with van der Waals surface area (Å²) in [5, 5.41) is 3.77. The first-order chi connectivity index (χ1) is 9.97. The summed E-state index contributed by atoms with van der Waals surface area (Å²) in [7, 11) is 0. The third-order valence-corrected chi connectivity index (χ3v) is 4.69. The summed E-state index contributed by atoms with van der Waals surface area (Å²) in [4.78, 5) is 8.11. The van der Waals surface area contributed by atoms with Gasteiger partial charge >= 0.3 is 6.18 Å². The van der Waals surface area contributed by atoms with E-state index >= 15 is 0 Å². The Morgan fingerprint density at radius 3 is 2.62 bits per heavy atom. The number of anilines is 1. The maximum atomic E-state index is 12.4. The van der Waals surface area contributed by atoms with Crippen LogP contribution in [0.3, 0.4) is 0 Å². The molecule has 0 aliphatic carbocycles. The van der Waals surface area contributed by atoms with Crippen molar-refractivity contribution < 1.29 is 17.9 Å². The van der Waals surface area contributed by atoms with E-state index in [2.05, 4.69) is 15.3 Å². The molecule has 0 radical (unpaired) electrons. The number of aromatic nitrogens is 1. The number of nitrogens with one attached hydrogen (secondary N) is 1. The zero-order valence-electron chi connectivity index (χ0n) is 11.1. The number of alkyl halides is 3. The Morgan fingerprint density at radius 1 is 1.24 bits per heavy atom. The molecule has 0 saturated carbocycles. The number of aliphatic imine (C=N–C) groups is 1. The number of ether oxygens (including phenoxy) is 1. The summed E-state index contributed by atoms with van der Waals surface area (Å²) >= 11 is 1.59. The van der Waals surface area contributed by atoms with Crippen LogP contribution in [0.1, 0.15) is 18.5 Å². The minimum absolute atomic E-state index is 0.0788. The average molecular weight is 317 g/mol. The van der Waals surface area contributed by atoms with Crippen molar-refractivity contribution in [3.8, 4) is 0 Å². The lowest BCUT2D eigenvalue weighted by Gasteiger charge is -2.29. The third-order valence-electron chi connectivity index (χ3n) is 3.54. The molecule has 2 aliphatic rings. The molecular formula is C13H14F3N3OS. The third kappa shape index (κ3) is 3.32. The Balaban J connectivity index is 1.68. The normalized spacial score (nSPS) is 21.4. The number of nitrogens with zero attached hydrogens (tertiary/aromatic N) is 2. The van der Waals surface area contributed by atoms with Crippen LogP contribution in [-0.4, -0.2) is 34.7 Å². The largest absolute Gasteiger partial charge is 0.433 e. The van der Waals surface area contributed by atoms with E-state index in [9.17, 15) is 13.2 Å². The quantitative estimate of drug-likeness (QED) is 0.864. The van der Waals surface area contributed by atoms with Gasteiger partial charge in [-0.25, -0.2) is 4.98 Å². The highest BCUT2D eigenvalue weighted by molar-refractivity contribution is 8.14. The first-order valence-corrected chi connectivity index (χ1v) is 7.56. The molecule has 8 heteroatoms. The molecule has 0 aromatic carbocycles. The number of hydrogen-bond acceptors (Lipinski definition) is 5. The monoisotopic (exact) mass is 317 g/mol. The Hall–Kier alpha value is -1.28. The number of amidine groups is 1. The summed E-state index contributed by atoms with van der Waals surface area (Å²) in [6.07, 6.45) is -1.46. The highest BCUT2D eigenvalue weighted by atomic mass is 32.2. The Kier molecular flexibility index (Phi) is 3.83. The first kappa shape index (κ1) is 14.6. The number of pyridine rings is 1. The van der Waals surface area contributed by atoms with Crippen LogP contribution < -0.4 is 5.32 Å². The second-order valence-corrected chi connectivity index (χ2v) is 6.06. The van der Waals surface area contributed by atoms with Gasteiger partial charge in [-0.05, 0) is 25.0 Å². The number of rotatable bonds is 1. The van der Waals surface area contributed by atoms with Gasteiger partial charge in [0.25, 0.3) is 0 Å². The highest BCUT2D eigenvalue weighted by Gasteiger charge is 2.37. The fraction of sp³-hybridized carbons (Fsp3) is 0.538. The fourth-order valence-corrected chi connectivity index (χ4v) is 3.52. The van der Waals surface area contributed by atoms with E-state index in [1.54, 1.807) is 11.8 Å². The average Bonchev–Trinajstić information content (AvgIpc) is 2.82. The lowest BCUT2D eigenvalue weighted by molar-refractivity contribution is -0.141. The van der Waals surface area contributed by atoms with Gasteiger partial charge in [-0.2, -0.15) is 13.2 Å². The van der Waals surface area contributed by atoms with Crippen LogP contribution in [0.25, 0.3) is 0 Å². The van der Waals surface area contributed by atoms with Gasteiger partial charge in [-0.3, -0.25) is 4.99 Å². The van der Waals surface area contributed by atoms with Gasteiger partial charge in [0.15, 0.2) is 5.17 Å². The van der Waals surface area contributed by atoms with Crippen LogP contribution in [0.15, 0.2) is 23.3 Å². The van der Waals surface area contributed by atoms with E-state index in [0.29, 0.717) is 18.9 Å². The minimum Gasteiger partial charge on any atom is -0.381 e. The molecule has 1 N–H and O–H groups in total. The lowest BCUT2D eigenvalue weighted by atomic mass is 9.93. The van der Waals surface area contributed by atoms with Crippen LogP contribution in [0, 0.1) is 0 Å². The van der Waals surface area contributed by atoms with E-state index in [0.717, 1.165) is 29.8 Å². The maximum absolute atomic E-state index is 12.4. The van der Waals surface area contributed by atoms with E-state index in [-0.39, 0.29) is 5.54 Å². The van der Waals surface area contributed by atoms with E-state index in [1.165, 1.54) is 12.3 Å². The van der Waals surface area contributed by atoms with Crippen molar-refractivity contribution >= 4 is 22.6 Å². The second-order valence-electron chi connectivity index (χ2n) is 5.10. The van der Waals surface area contributed by atoms with Crippen LogP contribution in [0.2, 0.25) is 0 Å². The van der Waals surface area contributed by atoms with Gasteiger partial charge in [0.1, 0.15) is 5.69 Å². The molecular weight excluding hydrogens is 303 g/mol. The summed E-state index contributed by atoms with van der Waals surface area (Å²) in [6.45, 7) is 1.42. The molecule has 0 unspecified atom stereocenters. The van der Waals surface area contributed by atoms with Crippen molar-refractivity contribution in [2.45, 2.75) is 24.6 Å². The SMILES string of the molecule is FC(F)(F)c1ccc(NC2=NC3(CCOCC3)CS2)cn1. The maximum Gasteiger partial charge on any atom is 0.433 e. The molecule has 1 spiro atoms. The van der Waals surface area contributed by atoms with Gasteiger partial charge in [-0.15, -0.1) is 0 Å². The fourth-order valence-electron chi connectivity index (χ4n) is 2.31. The van der Waals surface area contributed by atoms with Gasteiger partial charge in [-0.1, -0.05) is 11.8 Å². The Morgan fingerprint density at radius 2 is 2.00 bits per heavy atom. The van der Waals surface area contributed by atoms with Gasteiger partial charge < -0.3 is 10.1 Å². The topological polar surface area (TPSA) is 46.5 Å². The van der Waals surface area contributed by atoms with E-state index in [1.807, 2.05) is 0 Å². The zero-order valence-corrected chi connectivity index (χ0v) is 11.9. The predicted octanol–water partition coefficient (Wildman–Crippen LogP) is 3.16. The molecule has 21 heavy (non-hydrogen) atoms. The lowest BCUT2D eigenvalue weighted by Crippen LogP contribution is -2.34. The van der Waals surface area contributed by atoms with Crippen molar-refractivity contribution in [1.29, 1.82) is 0 Å². The molecule has 0 atom stereocenters. The van der Waals surface area contributed by atoms with Crippen molar-refractivity contribution in [3.63, 3.8) is 0 Å². The van der Waals surface area contributed by atoms with Crippen molar-refractivity contribution in [2.75, 3.05) is 24.3 Å². The highest BCUT2D eigenvalue weighted by Crippen LogP contribution is 2.36. The molecule has 1 aromatic rings. The molecule has 0 amide bonds. The number of halogens is 3. The van der Waals surface area contributed by atoms with Crippen LogP contribution in [0.4, 0.5) is 18.9 Å². The van der Waals surface area contributed by atoms with E-state index < -0.39 is 11.9 Å². The summed E-state index contributed by atoms with van der Waals surface area (Å²) in [5.74, 6) is 0.882. The second kappa shape index (κ2) is 5.49. The smallest absolute Gasteiger partial charge is 0.381 e. The number of hydrogen-bond donors (Lipinski definition) is 1. The molecule has 2 aliphatic heterocycles. The van der Waals surface area contributed by atoms with E-state index in [4.69, 9.17) is 4.74 Å². The molecule has 1 fully saturated rings. The molecule has 1 saturated heterocycles. The zero-order chi connectivity index (χ0) is 14.9. The molecule has 3 heterocycles. The van der Waals surface area contributed by atoms with Crippen molar-refractivity contribution in [3.05, 3.63) is 24.0 Å². The van der Waals surface area contributed by atoms with Crippen molar-refractivity contribution in [2.24, 2.45) is 4.99 Å². The Labute approximate surface area is 124 Å². The predicted molar refractivity (Wildman–Crippen MR) is 75.5 cm³/mol. The summed E-state index contributed by atoms with van der Waals surface area (Å²) in [6, 6.07) is 2.33. The van der Waals surface area contributed by atoms with Crippen LogP contribution in [-0.2, 0) is 10.9 Å². The standard InChI is InChI=1S/C13H14F3N3OS/c14-13(15,16)10-2-1-9(7-17-10)18-11-19-12(8-21-11)3-5-20-6-4-12/h1-2,7H,3-6,8H2,(H,18,19). The molecule has 1 aromatic heterocycles. The Bertz CT molecular complexity index is 539. The van der Waals surface area contributed by atoms with Gasteiger partial charge in [0, 0.05) is 19.0 Å². The van der Waals surface area contributed by atoms with Crippen molar-refractivity contribution in [1.82, 2.24) is 4.98 Å². The molecule has 0 bridgehead atoms. The molecule has 114 valence electrons. The van der Waals surface area contributed by atoms with Crippen LogP contribution >= 0.6 is 11.8 Å². The summed E-state index contributed by atoms with van der Waals surface area (Å²) in [5.41, 5.74) is -0.460. The van der Waals surface area contributed by atoms with Gasteiger partial charge in [0.2, 0.25) is 0 Å². The first-order valence-electron chi connectivity index (χ1n) is 6.58. The summed E-state index contributed by atoms with van der Waals surface area (Å²) < 4.78 is 42.7. The minimum atomic E-state index is -4.41. The van der Waals surface area contributed by atoms with Crippen LogP contribution in [0.5, 0.6) is 0 Å². The van der Waals surface area contributed by atoms with Gasteiger partial charge in [0.05, 0.1) is 17.4 Å². The molecule has 3 rings (SSSR count). The number of thioether (sulfide) groups is 1. The molecule has 4 nitrogen and oxygen atoms in total.